The van der Waals surface area contributed by atoms with E-state index in [0.29, 0.717) is 38.3 Å². The molecule has 0 saturated carbocycles. The number of halogens is 1. The van der Waals surface area contributed by atoms with Crippen molar-refractivity contribution in [2.45, 2.75) is 26.7 Å². The Morgan fingerprint density at radius 2 is 1.95 bits per heavy atom. The minimum Gasteiger partial charge on any atom is -0.493 e. The van der Waals surface area contributed by atoms with E-state index in [9.17, 15) is 9.59 Å². The van der Waals surface area contributed by atoms with Gasteiger partial charge in [-0.25, -0.2) is 4.79 Å². The van der Waals surface area contributed by atoms with Crippen molar-refractivity contribution in [2.75, 3.05) is 19.7 Å². The molecule has 0 aromatic heterocycles. The molecular weight excluding hydrogens is 338 g/mol. The molecule has 0 saturated heterocycles. The molecule has 5 nitrogen and oxygen atoms in total. The first-order valence-corrected chi connectivity index (χ1v) is 7.72. The quantitative estimate of drug-likeness (QED) is 0.725. The van der Waals surface area contributed by atoms with Gasteiger partial charge in [-0.2, -0.15) is 0 Å². The lowest BCUT2D eigenvalue weighted by molar-refractivity contribution is -0.131. The van der Waals surface area contributed by atoms with Crippen molar-refractivity contribution in [2.24, 2.45) is 0 Å². The van der Waals surface area contributed by atoms with E-state index in [2.05, 4.69) is 15.9 Å². The zero-order chi connectivity index (χ0) is 15.8. The van der Waals surface area contributed by atoms with Crippen LogP contribution in [0.3, 0.4) is 0 Å². The molecule has 0 aliphatic rings. The van der Waals surface area contributed by atoms with Crippen LogP contribution >= 0.6 is 15.9 Å². The Kier molecular flexibility index (Phi) is 7.22. The normalized spacial score (nSPS) is 10.2. The molecule has 0 aliphatic heterocycles. The van der Waals surface area contributed by atoms with E-state index >= 15 is 0 Å². The highest BCUT2D eigenvalue weighted by molar-refractivity contribution is 9.10. The largest absolute Gasteiger partial charge is 0.493 e. The lowest BCUT2D eigenvalue weighted by Gasteiger charge is -2.18. The number of nitrogens with zero attached hydrogens (tertiary/aromatic N) is 1. The summed E-state index contributed by atoms with van der Waals surface area (Å²) in [5.41, 5.74) is 0.119. The van der Waals surface area contributed by atoms with Crippen molar-refractivity contribution in [3.8, 4) is 5.75 Å². The summed E-state index contributed by atoms with van der Waals surface area (Å²) in [6.07, 6.45) is 0.957. The van der Waals surface area contributed by atoms with Crippen LogP contribution < -0.4 is 4.74 Å². The number of carbonyl (C=O) groups is 2. The van der Waals surface area contributed by atoms with Gasteiger partial charge in [0.1, 0.15) is 11.3 Å². The SMILES string of the molecule is CCN(CC)C(=O)CCCOc1cc(Br)ccc1C(=O)O. The van der Waals surface area contributed by atoms with Gasteiger partial charge in [-0.15, -0.1) is 0 Å². The number of hydrogen-bond acceptors (Lipinski definition) is 3. The number of benzene rings is 1. The summed E-state index contributed by atoms with van der Waals surface area (Å²) >= 11 is 3.28. The van der Waals surface area contributed by atoms with Gasteiger partial charge in [-0.3, -0.25) is 4.79 Å². The first kappa shape index (κ1) is 17.5. The molecule has 1 aromatic rings. The van der Waals surface area contributed by atoms with Crippen molar-refractivity contribution in [3.05, 3.63) is 28.2 Å². The molecule has 21 heavy (non-hydrogen) atoms. The van der Waals surface area contributed by atoms with Gasteiger partial charge in [0.25, 0.3) is 0 Å². The maximum Gasteiger partial charge on any atom is 0.339 e. The van der Waals surface area contributed by atoms with Crippen molar-refractivity contribution >= 4 is 27.8 Å². The third-order valence-electron chi connectivity index (χ3n) is 3.08. The van der Waals surface area contributed by atoms with Gasteiger partial charge >= 0.3 is 5.97 Å². The van der Waals surface area contributed by atoms with E-state index < -0.39 is 5.97 Å². The monoisotopic (exact) mass is 357 g/mol. The second-order valence-electron chi connectivity index (χ2n) is 4.46. The van der Waals surface area contributed by atoms with Gasteiger partial charge in [-0.1, -0.05) is 15.9 Å². The van der Waals surface area contributed by atoms with E-state index in [1.807, 2.05) is 13.8 Å². The number of carboxylic acids is 1. The number of ether oxygens (including phenoxy) is 1. The lowest BCUT2D eigenvalue weighted by Crippen LogP contribution is -2.30. The summed E-state index contributed by atoms with van der Waals surface area (Å²) in [5, 5.41) is 9.08. The summed E-state index contributed by atoms with van der Waals surface area (Å²) in [7, 11) is 0. The Morgan fingerprint density at radius 3 is 2.52 bits per heavy atom. The number of carbonyl (C=O) groups excluding carboxylic acids is 1. The molecule has 1 rings (SSSR count). The van der Waals surface area contributed by atoms with Crippen LogP contribution in [-0.2, 0) is 4.79 Å². The van der Waals surface area contributed by atoms with Crippen LogP contribution in [-0.4, -0.2) is 41.6 Å². The molecule has 0 heterocycles. The fourth-order valence-corrected chi connectivity index (χ4v) is 2.27. The predicted octanol–water partition coefficient (Wildman–Crippen LogP) is 3.17. The molecule has 1 amide bonds. The topological polar surface area (TPSA) is 66.8 Å². The number of carboxylic acid groups (broad SMARTS) is 1. The molecule has 0 fully saturated rings. The van der Waals surface area contributed by atoms with Gasteiger partial charge in [-0.05, 0) is 38.5 Å². The smallest absolute Gasteiger partial charge is 0.339 e. The first-order chi connectivity index (χ1) is 9.99. The summed E-state index contributed by atoms with van der Waals surface area (Å²) in [5.74, 6) is -0.625. The van der Waals surface area contributed by atoms with Gasteiger partial charge in [0.2, 0.25) is 5.91 Å². The van der Waals surface area contributed by atoms with E-state index in [4.69, 9.17) is 9.84 Å². The predicted molar refractivity (Wildman–Crippen MR) is 83.8 cm³/mol. The lowest BCUT2D eigenvalue weighted by atomic mass is 10.2. The molecule has 0 aliphatic carbocycles. The van der Waals surface area contributed by atoms with E-state index in [1.54, 1.807) is 17.0 Å². The van der Waals surface area contributed by atoms with Crippen LogP contribution in [0, 0.1) is 0 Å². The zero-order valence-electron chi connectivity index (χ0n) is 12.3. The summed E-state index contributed by atoms with van der Waals surface area (Å²) in [6, 6.07) is 4.76. The van der Waals surface area contributed by atoms with Gasteiger partial charge in [0, 0.05) is 24.0 Å². The fraction of sp³-hybridized carbons (Fsp3) is 0.467. The molecule has 0 spiro atoms. The zero-order valence-corrected chi connectivity index (χ0v) is 13.9. The molecule has 0 radical (unpaired) electrons. The number of rotatable bonds is 8. The number of aromatic carboxylic acids is 1. The van der Waals surface area contributed by atoms with Crippen LogP contribution in [0.5, 0.6) is 5.75 Å². The van der Waals surface area contributed by atoms with E-state index in [0.717, 1.165) is 4.47 Å². The highest BCUT2D eigenvalue weighted by Gasteiger charge is 2.12. The van der Waals surface area contributed by atoms with Gasteiger partial charge < -0.3 is 14.7 Å². The number of amides is 1. The summed E-state index contributed by atoms with van der Waals surface area (Å²) in [6.45, 7) is 5.59. The highest BCUT2D eigenvalue weighted by atomic mass is 79.9. The minimum absolute atomic E-state index is 0.0938. The van der Waals surface area contributed by atoms with Crippen LogP contribution in [0.4, 0.5) is 0 Å². The molecule has 0 unspecified atom stereocenters. The Bertz CT molecular complexity index is 500. The second kappa shape index (κ2) is 8.67. The van der Waals surface area contributed by atoms with E-state index in [1.165, 1.54) is 6.07 Å². The second-order valence-corrected chi connectivity index (χ2v) is 5.38. The molecule has 6 heteroatoms. The van der Waals surface area contributed by atoms with Crippen LogP contribution in [0.2, 0.25) is 0 Å². The van der Waals surface area contributed by atoms with Crippen molar-refractivity contribution < 1.29 is 19.4 Å². The third-order valence-corrected chi connectivity index (χ3v) is 3.58. The number of hydrogen-bond donors (Lipinski definition) is 1. The fourth-order valence-electron chi connectivity index (χ4n) is 1.93. The Morgan fingerprint density at radius 1 is 1.29 bits per heavy atom. The average Bonchev–Trinajstić information content (AvgIpc) is 2.44. The maximum atomic E-state index is 11.8. The van der Waals surface area contributed by atoms with Crippen molar-refractivity contribution in [3.63, 3.8) is 0 Å². The Labute approximate surface area is 133 Å². The maximum absolute atomic E-state index is 11.8. The highest BCUT2D eigenvalue weighted by Crippen LogP contribution is 2.24. The van der Waals surface area contributed by atoms with Crippen molar-refractivity contribution in [1.82, 2.24) is 4.90 Å². The first-order valence-electron chi connectivity index (χ1n) is 6.93. The van der Waals surface area contributed by atoms with Crippen LogP contribution in [0.15, 0.2) is 22.7 Å². The standard InChI is InChI=1S/C15H20BrNO4/c1-3-17(4-2)14(18)6-5-9-21-13-10-11(16)7-8-12(13)15(19)20/h7-8,10H,3-6,9H2,1-2H3,(H,19,20). The third kappa shape index (κ3) is 5.38. The summed E-state index contributed by atoms with van der Waals surface area (Å²) < 4.78 is 6.25. The Balaban J connectivity index is 2.51. The van der Waals surface area contributed by atoms with Gasteiger partial charge in [0.05, 0.1) is 6.61 Å². The van der Waals surface area contributed by atoms with Crippen LogP contribution in [0.25, 0.3) is 0 Å². The summed E-state index contributed by atoms with van der Waals surface area (Å²) in [4.78, 5) is 24.7. The van der Waals surface area contributed by atoms with Crippen LogP contribution in [0.1, 0.15) is 37.0 Å². The van der Waals surface area contributed by atoms with Gasteiger partial charge in [0.15, 0.2) is 0 Å². The molecular formula is C15H20BrNO4. The molecule has 1 aromatic carbocycles. The Hall–Kier alpha value is -1.56. The average molecular weight is 358 g/mol. The van der Waals surface area contributed by atoms with E-state index in [-0.39, 0.29) is 11.5 Å². The molecule has 1 N–H and O–H groups in total. The minimum atomic E-state index is -1.03. The molecule has 0 atom stereocenters. The molecule has 0 bridgehead atoms. The van der Waals surface area contributed by atoms with Crippen molar-refractivity contribution in [1.29, 1.82) is 0 Å². The molecule has 116 valence electrons.